The van der Waals surface area contributed by atoms with Gasteiger partial charge >= 0.3 is 0 Å². The Morgan fingerprint density at radius 2 is 2.10 bits per heavy atom. The van der Waals surface area contributed by atoms with Gasteiger partial charge in [0.25, 0.3) is 0 Å². The Morgan fingerprint density at radius 3 is 2.71 bits per heavy atom. The molecule has 6 heteroatoms. The van der Waals surface area contributed by atoms with E-state index in [-0.39, 0.29) is 5.78 Å². The predicted molar refractivity (Wildman–Crippen MR) is 83.7 cm³/mol. The van der Waals surface area contributed by atoms with Crippen LogP contribution >= 0.6 is 11.8 Å². The summed E-state index contributed by atoms with van der Waals surface area (Å²) < 4.78 is 5.33. The number of aryl methyl sites for hydroxylation is 1. The summed E-state index contributed by atoms with van der Waals surface area (Å²) in [5.74, 6) is 1.83. The van der Waals surface area contributed by atoms with Crippen molar-refractivity contribution in [2.24, 2.45) is 0 Å². The van der Waals surface area contributed by atoms with Crippen LogP contribution in [0.4, 0.5) is 5.82 Å². The number of nitrogens with two attached hydrogens (primary N) is 1. The first-order valence-electron chi connectivity index (χ1n) is 6.41. The maximum Gasteiger partial charge on any atom is 0.190 e. The number of carbonyl (C=O) groups excluding carboxylic acids is 1. The van der Waals surface area contributed by atoms with Crippen LogP contribution < -0.4 is 10.5 Å². The van der Waals surface area contributed by atoms with Gasteiger partial charge in [-0.05, 0) is 32.0 Å². The summed E-state index contributed by atoms with van der Waals surface area (Å²) >= 11 is 1.46. The minimum Gasteiger partial charge on any atom is -0.496 e. The molecule has 110 valence electrons. The molecule has 0 atom stereocenters. The lowest BCUT2D eigenvalue weighted by Crippen LogP contribution is -1.99. The molecule has 0 amide bonds. The number of ketones is 1. The van der Waals surface area contributed by atoms with Crippen LogP contribution in [0.15, 0.2) is 29.4 Å². The molecule has 0 unspecified atom stereocenters. The average Bonchev–Trinajstić information content (AvgIpc) is 2.43. The van der Waals surface area contributed by atoms with Gasteiger partial charge in [0.1, 0.15) is 11.6 Å². The van der Waals surface area contributed by atoms with Crippen LogP contribution in [0.25, 0.3) is 0 Å². The van der Waals surface area contributed by atoms with E-state index in [2.05, 4.69) is 9.97 Å². The molecule has 21 heavy (non-hydrogen) atoms. The Bertz CT molecular complexity index is 654. The van der Waals surface area contributed by atoms with E-state index >= 15 is 0 Å². The molecule has 0 spiro atoms. The number of thioether (sulfide) groups is 1. The molecule has 0 bridgehead atoms. The zero-order chi connectivity index (χ0) is 15.4. The first-order chi connectivity index (χ1) is 9.99. The second-order valence-electron chi connectivity index (χ2n) is 4.59. The van der Waals surface area contributed by atoms with E-state index in [1.54, 1.807) is 32.2 Å². The number of nitrogens with zero attached hydrogens (tertiary/aromatic N) is 2. The SMILES string of the molecule is COc1ccc(C(C)=O)cc1CSc1nc(C)cc(N)n1. The molecule has 2 N–H and O–H groups in total. The zero-order valence-electron chi connectivity index (χ0n) is 12.2. The summed E-state index contributed by atoms with van der Waals surface area (Å²) in [5, 5.41) is 0.614. The Morgan fingerprint density at radius 1 is 1.33 bits per heavy atom. The van der Waals surface area contributed by atoms with Gasteiger partial charge in [-0.3, -0.25) is 4.79 Å². The summed E-state index contributed by atoms with van der Waals surface area (Å²) in [6.07, 6.45) is 0. The van der Waals surface area contributed by atoms with E-state index in [4.69, 9.17) is 10.5 Å². The van der Waals surface area contributed by atoms with E-state index in [1.165, 1.54) is 11.8 Å². The standard InChI is InChI=1S/C15H17N3O2S/c1-9-6-14(16)18-15(17-9)21-8-12-7-11(10(2)19)4-5-13(12)20-3/h4-7H,8H2,1-3H3,(H2,16,17,18). The van der Waals surface area contributed by atoms with E-state index in [1.807, 2.05) is 13.0 Å². The Labute approximate surface area is 127 Å². The first kappa shape index (κ1) is 15.3. The quantitative estimate of drug-likeness (QED) is 0.520. The third kappa shape index (κ3) is 3.95. The van der Waals surface area contributed by atoms with Crippen LogP contribution in [-0.2, 0) is 5.75 Å². The van der Waals surface area contributed by atoms with Crippen LogP contribution in [-0.4, -0.2) is 22.9 Å². The van der Waals surface area contributed by atoms with Crippen LogP contribution in [0.2, 0.25) is 0 Å². The number of aromatic nitrogens is 2. The number of hydrogen-bond acceptors (Lipinski definition) is 6. The third-order valence-corrected chi connectivity index (χ3v) is 3.79. The van der Waals surface area contributed by atoms with Gasteiger partial charge in [-0.25, -0.2) is 9.97 Å². The van der Waals surface area contributed by atoms with Gasteiger partial charge in [-0.1, -0.05) is 11.8 Å². The van der Waals surface area contributed by atoms with Crippen molar-refractivity contribution >= 4 is 23.4 Å². The third-order valence-electron chi connectivity index (χ3n) is 2.90. The Hall–Kier alpha value is -2.08. The molecule has 0 aliphatic rings. The molecule has 1 aromatic carbocycles. The largest absolute Gasteiger partial charge is 0.496 e. The Balaban J connectivity index is 2.21. The van der Waals surface area contributed by atoms with Crippen LogP contribution in [0.3, 0.4) is 0 Å². The van der Waals surface area contributed by atoms with Gasteiger partial charge in [-0.15, -0.1) is 0 Å². The normalized spacial score (nSPS) is 10.4. The minimum atomic E-state index is 0.0277. The van der Waals surface area contributed by atoms with Gasteiger partial charge in [0.15, 0.2) is 10.9 Å². The van der Waals surface area contributed by atoms with Crippen molar-refractivity contribution in [3.63, 3.8) is 0 Å². The summed E-state index contributed by atoms with van der Waals surface area (Å²) in [7, 11) is 1.61. The lowest BCUT2D eigenvalue weighted by Gasteiger charge is -2.09. The van der Waals surface area contributed by atoms with Crippen molar-refractivity contribution in [2.75, 3.05) is 12.8 Å². The predicted octanol–water partition coefficient (Wildman–Crippen LogP) is 2.87. The number of rotatable bonds is 5. The fourth-order valence-corrected chi connectivity index (χ4v) is 2.77. The maximum atomic E-state index is 11.5. The number of nitrogen functional groups attached to an aromatic ring is 1. The van der Waals surface area contributed by atoms with Gasteiger partial charge in [0, 0.05) is 28.6 Å². The molecule has 0 aliphatic heterocycles. The lowest BCUT2D eigenvalue weighted by molar-refractivity contribution is 0.101. The Kier molecular flexibility index (Phi) is 4.80. The maximum absolute atomic E-state index is 11.5. The molecule has 1 aromatic heterocycles. The molecule has 0 saturated carbocycles. The monoisotopic (exact) mass is 303 g/mol. The fourth-order valence-electron chi connectivity index (χ4n) is 1.88. The number of methoxy groups -OCH3 is 1. The topological polar surface area (TPSA) is 78.1 Å². The molecule has 0 fully saturated rings. The fraction of sp³-hybridized carbons (Fsp3) is 0.267. The number of carbonyl (C=O) groups is 1. The highest BCUT2D eigenvalue weighted by Crippen LogP contribution is 2.27. The van der Waals surface area contributed by atoms with E-state index in [0.717, 1.165) is 17.0 Å². The van der Waals surface area contributed by atoms with Gasteiger partial charge < -0.3 is 10.5 Å². The second kappa shape index (κ2) is 6.58. The smallest absolute Gasteiger partial charge is 0.190 e. The molecule has 0 saturated heterocycles. The summed E-state index contributed by atoms with van der Waals surface area (Å²) in [5.41, 5.74) is 8.14. The number of benzene rings is 1. The summed E-state index contributed by atoms with van der Waals surface area (Å²) in [6.45, 7) is 3.42. The van der Waals surface area contributed by atoms with Crippen molar-refractivity contribution < 1.29 is 9.53 Å². The summed E-state index contributed by atoms with van der Waals surface area (Å²) in [4.78, 5) is 20.0. The average molecular weight is 303 g/mol. The lowest BCUT2D eigenvalue weighted by atomic mass is 10.1. The highest BCUT2D eigenvalue weighted by atomic mass is 32.2. The van der Waals surface area contributed by atoms with Crippen LogP contribution in [0.1, 0.15) is 28.5 Å². The van der Waals surface area contributed by atoms with Crippen molar-refractivity contribution in [1.82, 2.24) is 9.97 Å². The molecule has 0 radical (unpaired) electrons. The second-order valence-corrected chi connectivity index (χ2v) is 5.53. The minimum absolute atomic E-state index is 0.0277. The zero-order valence-corrected chi connectivity index (χ0v) is 13.0. The van der Waals surface area contributed by atoms with Crippen LogP contribution in [0.5, 0.6) is 5.75 Å². The number of ether oxygens (including phenoxy) is 1. The van der Waals surface area contributed by atoms with Gasteiger partial charge in [-0.2, -0.15) is 0 Å². The first-order valence-corrected chi connectivity index (χ1v) is 7.40. The van der Waals surface area contributed by atoms with Crippen molar-refractivity contribution in [3.05, 3.63) is 41.1 Å². The van der Waals surface area contributed by atoms with E-state index in [0.29, 0.717) is 22.3 Å². The highest BCUT2D eigenvalue weighted by Gasteiger charge is 2.09. The molecule has 0 aliphatic carbocycles. The van der Waals surface area contributed by atoms with Crippen molar-refractivity contribution in [2.45, 2.75) is 24.8 Å². The number of anilines is 1. The van der Waals surface area contributed by atoms with E-state index in [9.17, 15) is 4.79 Å². The number of hydrogen-bond donors (Lipinski definition) is 1. The molecular formula is C15H17N3O2S. The molecule has 5 nitrogen and oxygen atoms in total. The molecule has 2 aromatic rings. The van der Waals surface area contributed by atoms with Gasteiger partial charge in [0.05, 0.1) is 7.11 Å². The van der Waals surface area contributed by atoms with Crippen LogP contribution in [0, 0.1) is 6.92 Å². The highest BCUT2D eigenvalue weighted by molar-refractivity contribution is 7.98. The summed E-state index contributed by atoms with van der Waals surface area (Å²) in [6, 6.07) is 7.13. The molecular weight excluding hydrogens is 286 g/mol. The van der Waals surface area contributed by atoms with Gasteiger partial charge in [0.2, 0.25) is 0 Å². The van der Waals surface area contributed by atoms with Crippen molar-refractivity contribution in [3.8, 4) is 5.75 Å². The van der Waals surface area contributed by atoms with E-state index < -0.39 is 0 Å². The van der Waals surface area contributed by atoms with Crippen molar-refractivity contribution in [1.29, 1.82) is 0 Å². The molecule has 1 heterocycles. The number of Topliss-reactive ketones (excluding diaryl/α,β-unsaturated/α-hetero) is 1. The molecule has 2 rings (SSSR count).